The summed E-state index contributed by atoms with van der Waals surface area (Å²) in [6, 6.07) is 7.87. The highest BCUT2D eigenvalue weighted by atomic mass is 16.5. The van der Waals surface area contributed by atoms with E-state index >= 15 is 0 Å². The van der Waals surface area contributed by atoms with Crippen LogP contribution in [0.5, 0.6) is 5.75 Å². The third-order valence-electron chi connectivity index (χ3n) is 3.24. The highest BCUT2D eigenvalue weighted by molar-refractivity contribution is 5.94. The standard InChI is InChI=1S/C17H21N3O3/c1-4-23-17(21)15-11-19-12(2)20-16(15)18-9-8-13-6-5-7-14(10-13)22-3/h5-7,10-11H,4,8-9H2,1-3H3,(H,18,19,20). The third kappa shape index (κ3) is 4.67. The number of aromatic nitrogens is 2. The van der Waals surface area contributed by atoms with E-state index in [-0.39, 0.29) is 0 Å². The van der Waals surface area contributed by atoms with Crippen molar-refractivity contribution in [3.8, 4) is 5.75 Å². The van der Waals surface area contributed by atoms with Gasteiger partial charge >= 0.3 is 5.97 Å². The molecular formula is C17H21N3O3. The number of methoxy groups -OCH3 is 1. The van der Waals surface area contributed by atoms with Crippen LogP contribution in [0.1, 0.15) is 28.7 Å². The SMILES string of the molecule is CCOC(=O)c1cnc(C)nc1NCCc1cccc(OC)c1. The van der Waals surface area contributed by atoms with Gasteiger partial charge < -0.3 is 14.8 Å². The van der Waals surface area contributed by atoms with Crippen molar-refractivity contribution in [1.82, 2.24) is 9.97 Å². The Kier molecular flexibility index (Phi) is 5.91. The molecule has 23 heavy (non-hydrogen) atoms. The zero-order valence-corrected chi connectivity index (χ0v) is 13.6. The lowest BCUT2D eigenvalue weighted by Crippen LogP contribution is -2.14. The maximum absolute atomic E-state index is 11.9. The second kappa shape index (κ2) is 8.12. The van der Waals surface area contributed by atoms with Gasteiger partial charge in [0.2, 0.25) is 0 Å². The average molecular weight is 315 g/mol. The van der Waals surface area contributed by atoms with E-state index in [4.69, 9.17) is 9.47 Å². The third-order valence-corrected chi connectivity index (χ3v) is 3.24. The zero-order chi connectivity index (χ0) is 16.7. The molecule has 0 saturated carbocycles. The Balaban J connectivity index is 2.04. The number of rotatable bonds is 7. The Morgan fingerprint density at radius 2 is 2.17 bits per heavy atom. The molecule has 0 atom stereocenters. The van der Waals surface area contributed by atoms with Crippen molar-refractivity contribution >= 4 is 11.8 Å². The van der Waals surface area contributed by atoms with Crippen LogP contribution in [0.15, 0.2) is 30.5 Å². The molecule has 6 heteroatoms. The summed E-state index contributed by atoms with van der Waals surface area (Å²) in [5, 5.41) is 3.19. The van der Waals surface area contributed by atoms with E-state index in [9.17, 15) is 4.79 Å². The lowest BCUT2D eigenvalue weighted by molar-refractivity contribution is 0.0526. The van der Waals surface area contributed by atoms with Crippen LogP contribution in [0.4, 0.5) is 5.82 Å². The van der Waals surface area contributed by atoms with Crippen molar-refractivity contribution in [2.75, 3.05) is 25.6 Å². The fourth-order valence-electron chi connectivity index (χ4n) is 2.12. The number of esters is 1. The van der Waals surface area contributed by atoms with Gasteiger partial charge in [-0.3, -0.25) is 0 Å². The zero-order valence-electron chi connectivity index (χ0n) is 13.6. The molecule has 0 aliphatic rings. The van der Waals surface area contributed by atoms with Crippen LogP contribution in [0.3, 0.4) is 0 Å². The number of nitrogens with zero attached hydrogens (tertiary/aromatic N) is 2. The number of benzene rings is 1. The molecule has 1 aromatic heterocycles. The molecule has 122 valence electrons. The summed E-state index contributed by atoms with van der Waals surface area (Å²) >= 11 is 0. The fourth-order valence-corrected chi connectivity index (χ4v) is 2.12. The van der Waals surface area contributed by atoms with Crippen LogP contribution in [0.25, 0.3) is 0 Å². The molecule has 0 aliphatic carbocycles. The van der Waals surface area contributed by atoms with Crippen molar-refractivity contribution in [3.63, 3.8) is 0 Å². The molecule has 2 aromatic rings. The Labute approximate surface area is 135 Å². The molecule has 1 heterocycles. The first-order valence-corrected chi connectivity index (χ1v) is 7.51. The minimum atomic E-state index is -0.420. The van der Waals surface area contributed by atoms with E-state index in [1.165, 1.54) is 6.20 Å². The summed E-state index contributed by atoms with van der Waals surface area (Å²) in [5.74, 6) is 1.50. The van der Waals surface area contributed by atoms with E-state index in [1.807, 2.05) is 24.3 Å². The summed E-state index contributed by atoms with van der Waals surface area (Å²) in [7, 11) is 1.65. The van der Waals surface area contributed by atoms with E-state index in [0.717, 1.165) is 17.7 Å². The van der Waals surface area contributed by atoms with Crippen LogP contribution in [-0.2, 0) is 11.2 Å². The second-order valence-electron chi connectivity index (χ2n) is 4.93. The van der Waals surface area contributed by atoms with Crippen LogP contribution in [0.2, 0.25) is 0 Å². The molecular weight excluding hydrogens is 294 g/mol. The van der Waals surface area contributed by atoms with Gasteiger partial charge in [-0.1, -0.05) is 12.1 Å². The van der Waals surface area contributed by atoms with Gasteiger partial charge in [-0.25, -0.2) is 14.8 Å². The maximum Gasteiger partial charge on any atom is 0.343 e. The number of ether oxygens (including phenoxy) is 2. The van der Waals surface area contributed by atoms with Gasteiger partial charge in [0.25, 0.3) is 0 Å². The van der Waals surface area contributed by atoms with Crippen LogP contribution < -0.4 is 10.1 Å². The normalized spacial score (nSPS) is 10.2. The number of carbonyl (C=O) groups is 1. The van der Waals surface area contributed by atoms with E-state index < -0.39 is 5.97 Å². The van der Waals surface area contributed by atoms with Gasteiger partial charge in [0.05, 0.1) is 13.7 Å². The van der Waals surface area contributed by atoms with Crippen molar-refractivity contribution in [2.24, 2.45) is 0 Å². The molecule has 0 spiro atoms. The molecule has 0 radical (unpaired) electrons. The number of carbonyl (C=O) groups excluding carboxylic acids is 1. The van der Waals surface area contributed by atoms with Crippen LogP contribution in [0, 0.1) is 6.92 Å². The molecule has 0 saturated heterocycles. The minimum absolute atomic E-state index is 0.315. The molecule has 0 aliphatic heterocycles. The molecule has 1 N–H and O–H groups in total. The largest absolute Gasteiger partial charge is 0.497 e. The molecule has 2 rings (SSSR count). The lowest BCUT2D eigenvalue weighted by Gasteiger charge is -2.11. The first kappa shape index (κ1) is 16.7. The topological polar surface area (TPSA) is 73.3 Å². The number of hydrogen-bond donors (Lipinski definition) is 1. The Hall–Kier alpha value is -2.63. The van der Waals surface area contributed by atoms with Gasteiger partial charge in [-0.15, -0.1) is 0 Å². The van der Waals surface area contributed by atoms with Crippen molar-refractivity contribution in [2.45, 2.75) is 20.3 Å². The minimum Gasteiger partial charge on any atom is -0.497 e. The molecule has 0 amide bonds. The van der Waals surface area contributed by atoms with E-state index in [2.05, 4.69) is 15.3 Å². The summed E-state index contributed by atoms with van der Waals surface area (Å²) in [5.41, 5.74) is 1.49. The molecule has 0 bridgehead atoms. The lowest BCUT2D eigenvalue weighted by atomic mass is 10.1. The molecule has 6 nitrogen and oxygen atoms in total. The van der Waals surface area contributed by atoms with Gasteiger partial charge in [0, 0.05) is 12.7 Å². The summed E-state index contributed by atoms with van der Waals surface area (Å²) in [4.78, 5) is 20.3. The first-order valence-electron chi connectivity index (χ1n) is 7.51. The summed E-state index contributed by atoms with van der Waals surface area (Å²) in [6.45, 7) is 4.50. The molecule has 0 unspecified atom stereocenters. The number of hydrogen-bond acceptors (Lipinski definition) is 6. The Morgan fingerprint density at radius 3 is 2.91 bits per heavy atom. The molecule has 1 aromatic carbocycles. The van der Waals surface area contributed by atoms with Crippen molar-refractivity contribution in [3.05, 3.63) is 47.4 Å². The maximum atomic E-state index is 11.9. The van der Waals surface area contributed by atoms with Gasteiger partial charge in [-0.2, -0.15) is 0 Å². The quantitative estimate of drug-likeness (QED) is 0.792. The van der Waals surface area contributed by atoms with Gasteiger partial charge in [-0.05, 0) is 38.0 Å². The predicted molar refractivity (Wildman–Crippen MR) is 87.9 cm³/mol. The summed E-state index contributed by atoms with van der Waals surface area (Å²) in [6.07, 6.45) is 2.27. The highest BCUT2D eigenvalue weighted by Crippen LogP contribution is 2.15. The summed E-state index contributed by atoms with van der Waals surface area (Å²) < 4.78 is 10.2. The molecule has 0 fully saturated rings. The van der Waals surface area contributed by atoms with Gasteiger partial charge in [0.15, 0.2) is 0 Å². The fraction of sp³-hybridized carbons (Fsp3) is 0.353. The van der Waals surface area contributed by atoms with E-state index in [0.29, 0.717) is 30.4 Å². The first-order chi connectivity index (χ1) is 11.1. The van der Waals surface area contributed by atoms with Crippen molar-refractivity contribution in [1.29, 1.82) is 0 Å². The average Bonchev–Trinajstić information content (AvgIpc) is 2.55. The highest BCUT2D eigenvalue weighted by Gasteiger charge is 2.14. The van der Waals surface area contributed by atoms with E-state index in [1.54, 1.807) is 21.0 Å². The smallest absolute Gasteiger partial charge is 0.343 e. The number of anilines is 1. The Morgan fingerprint density at radius 1 is 1.35 bits per heavy atom. The number of aryl methyl sites for hydroxylation is 1. The Bertz CT molecular complexity index is 674. The van der Waals surface area contributed by atoms with Crippen molar-refractivity contribution < 1.29 is 14.3 Å². The van der Waals surface area contributed by atoms with Crippen LogP contribution in [-0.4, -0.2) is 36.2 Å². The second-order valence-corrected chi connectivity index (χ2v) is 4.93. The number of nitrogens with one attached hydrogen (secondary N) is 1. The van der Waals surface area contributed by atoms with Crippen LogP contribution >= 0.6 is 0 Å². The predicted octanol–water partition coefficient (Wildman–Crippen LogP) is 2.62. The van der Waals surface area contributed by atoms with Gasteiger partial charge in [0.1, 0.15) is 23.0 Å². The monoisotopic (exact) mass is 315 g/mol.